The zero-order chi connectivity index (χ0) is 22.5. The van der Waals surface area contributed by atoms with E-state index in [0.29, 0.717) is 29.8 Å². The fourth-order valence-electron chi connectivity index (χ4n) is 5.43. The van der Waals surface area contributed by atoms with Crippen molar-refractivity contribution in [3.05, 3.63) is 59.0 Å². The van der Waals surface area contributed by atoms with Crippen molar-refractivity contribution < 1.29 is 19.0 Å². The second-order valence-electron chi connectivity index (χ2n) is 9.07. The average molecular weight is 445 g/mol. The SMILES string of the molecule is CCn1cc(/C=C2\Oc3c(ccc4c3CN(C3CCCC3)CO4)C2=O)c2cc(OC)ccc21. The third-order valence-corrected chi connectivity index (χ3v) is 7.23. The van der Waals surface area contributed by atoms with Crippen LogP contribution in [0.15, 0.2) is 42.3 Å². The highest BCUT2D eigenvalue weighted by atomic mass is 16.5. The fourth-order valence-corrected chi connectivity index (χ4v) is 5.43. The van der Waals surface area contributed by atoms with Crippen LogP contribution in [0.3, 0.4) is 0 Å². The zero-order valence-corrected chi connectivity index (χ0v) is 19.1. The van der Waals surface area contributed by atoms with E-state index in [2.05, 4.69) is 28.7 Å². The summed E-state index contributed by atoms with van der Waals surface area (Å²) in [5.74, 6) is 2.55. The first kappa shape index (κ1) is 20.4. The Balaban J connectivity index is 1.37. The van der Waals surface area contributed by atoms with Crippen LogP contribution in [-0.4, -0.2) is 35.1 Å². The van der Waals surface area contributed by atoms with E-state index in [4.69, 9.17) is 14.2 Å². The van der Waals surface area contributed by atoms with Gasteiger partial charge in [-0.3, -0.25) is 9.69 Å². The van der Waals surface area contributed by atoms with E-state index in [0.717, 1.165) is 46.6 Å². The monoisotopic (exact) mass is 444 g/mol. The van der Waals surface area contributed by atoms with Crippen molar-refractivity contribution in [3.63, 3.8) is 0 Å². The first-order valence-corrected chi connectivity index (χ1v) is 11.8. The van der Waals surface area contributed by atoms with E-state index in [1.165, 1.54) is 25.7 Å². The normalized spacial score (nSPS) is 19.6. The van der Waals surface area contributed by atoms with E-state index >= 15 is 0 Å². The molecule has 170 valence electrons. The number of allylic oxidation sites excluding steroid dienone is 1. The van der Waals surface area contributed by atoms with Crippen LogP contribution in [0.4, 0.5) is 0 Å². The number of ketones is 1. The number of carbonyl (C=O) groups is 1. The topological polar surface area (TPSA) is 52.9 Å². The molecule has 6 nitrogen and oxygen atoms in total. The summed E-state index contributed by atoms with van der Waals surface area (Å²) in [5.41, 5.74) is 3.65. The third-order valence-electron chi connectivity index (χ3n) is 7.23. The highest BCUT2D eigenvalue weighted by Gasteiger charge is 2.35. The third kappa shape index (κ3) is 3.32. The van der Waals surface area contributed by atoms with Gasteiger partial charge < -0.3 is 18.8 Å². The summed E-state index contributed by atoms with van der Waals surface area (Å²) in [6, 6.07) is 10.3. The molecule has 1 saturated carbocycles. The molecule has 3 aliphatic rings. The maximum atomic E-state index is 13.3. The molecule has 0 N–H and O–H groups in total. The average Bonchev–Trinajstić information content (AvgIpc) is 3.58. The van der Waals surface area contributed by atoms with E-state index in [9.17, 15) is 4.79 Å². The van der Waals surface area contributed by atoms with Crippen LogP contribution in [-0.2, 0) is 13.1 Å². The van der Waals surface area contributed by atoms with E-state index in [1.54, 1.807) is 7.11 Å². The molecule has 1 aliphatic carbocycles. The van der Waals surface area contributed by atoms with Crippen molar-refractivity contribution >= 4 is 22.8 Å². The van der Waals surface area contributed by atoms with Gasteiger partial charge >= 0.3 is 0 Å². The summed E-state index contributed by atoms with van der Waals surface area (Å²) in [6.07, 6.45) is 8.91. The molecule has 2 aromatic carbocycles. The molecular formula is C27H28N2O4. The molecule has 6 rings (SSSR count). The number of nitrogens with zero attached hydrogens (tertiary/aromatic N) is 2. The number of rotatable bonds is 4. The Kier molecular flexibility index (Phi) is 4.91. The molecule has 0 radical (unpaired) electrons. The summed E-state index contributed by atoms with van der Waals surface area (Å²) < 4.78 is 19.9. The lowest BCUT2D eigenvalue weighted by Gasteiger charge is -2.33. The first-order chi connectivity index (χ1) is 16.2. The van der Waals surface area contributed by atoms with Crippen LogP contribution >= 0.6 is 0 Å². The minimum atomic E-state index is -0.0777. The van der Waals surface area contributed by atoms with E-state index in [-0.39, 0.29) is 5.78 Å². The molecule has 3 aromatic rings. The molecule has 0 atom stereocenters. The molecule has 2 aliphatic heterocycles. The van der Waals surface area contributed by atoms with Crippen molar-refractivity contribution in [2.45, 2.75) is 51.7 Å². The molecular weight excluding hydrogens is 416 g/mol. The Labute approximate surface area is 193 Å². The molecule has 0 bridgehead atoms. The highest BCUT2D eigenvalue weighted by molar-refractivity contribution is 6.15. The van der Waals surface area contributed by atoms with Gasteiger partial charge in [-0.2, -0.15) is 0 Å². The van der Waals surface area contributed by atoms with Crippen molar-refractivity contribution in [1.29, 1.82) is 0 Å². The molecule has 0 saturated heterocycles. The minimum absolute atomic E-state index is 0.0777. The number of aryl methyl sites for hydroxylation is 1. The molecule has 33 heavy (non-hydrogen) atoms. The van der Waals surface area contributed by atoms with Crippen LogP contribution in [0.5, 0.6) is 17.2 Å². The fraction of sp³-hybridized carbons (Fsp3) is 0.370. The van der Waals surface area contributed by atoms with Gasteiger partial charge in [0.2, 0.25) is 5.78 Å². The van der Waals surface area contributed by atoms with Gasteiger partial charge in [0, 0.05) is 41.8 Å². The first-order valence-electron chi connectivity index (χ1n) is 11.8. The Morgan fingerprint density at radius 1 is 1.18 bits per heavy atom. The molecule has 0 spiro atoms. The van der Waals surface area contributed by atoms with Gasteiger partial charge in [0.05, 0.1) is 18.2 Å². The predicted octanol–water partition coefficient (Wildman–Crippen LogP) is 5.38. The standard InChI is InChI=1S/C27H28N2O4/c1-3-28-14-17(21-13-19(31-2)8-10-23(21)28)12-25-26(30)20-9-11-24-22(27(20)33-25)15-29(16-32-24)18-6-4-5-7-18/h8-14,18H,3-7,15-16H2,1-2H3/b25-12-. The van der Waals surface area contributed by atoms with E-state index < -0.39 is 0 Å². The number of hydrogen-bond donors (Lipinski definition) is 0. The highest BCUT2D eigenvalue weighted by Crippen LogP contribution is 2.43. The van der Waals surface area contributed by atoms with Crippen LogP contribution in [0.25, 0.3) is 17.0 Å². The zero-order valence-electron chi connectivity index (χ0n) is 19.1. The molecule has 1 aromatic heterocycles. The van der Waals surface area contributed by atoms with Gasteiger partial charge in [0.1, 0.15) is 24.0 Å². The number of fused-ring (bicyclic) bond motifs is 4. The lowest BCUT2D eigenvalue weighted by atomic mass is 10.0. The predicted molar refractivity (Wildman–Crippen MR) is 127 cm³/mol. The van der Waals surface area contributed by atoms with Crippen molar-refractivity contribution in [3.8, 4) is 17.2 Å². The molecule has 0 amide bonds. The van der Waals surface area contributed by atoms with Gasteiger partial charge in [-0.15, -0.1) is 0 Å². The number of hydrogen-bond acceptors (Lipinski definition) is 5. The Morgan fingerprint density at radius 2 is 2.03 bits per heavy atom. The lowest BCUT2D eigenvalue weighted by molar-refractivity contribution is 0.0567. The van der Waals surface area contributed by atoms with Crippen molar-refractivity contribution in [1.82, 2.24) is 9.47 Å². The van der Waals surface area contributed by atoms with Gasteiger partial charge in [-0.05, 0) is 56.2 Å². The summed E-state index contributed by atoms with van der Waals surface area (Å²) in [5, 5.41) is 1.04. The number of methoxy groups -OCH3 is 1. The maximum Gasteiger partial charge on any atom is 0.231 e. The second kappa shape index (κ2) is 7.96. The van der Waals surface area contributed by atoms with Gasteiger partial charge in [-0.1, -0.05) is 12.8 Å². The van der Waals surface area contributed by atoms with Gasteiger partial charge in [-0.25, -0.2) is 0 Å². The smallest absolute Gasteiger partial charge is 0.231 e. The van der Waals surface area contributed by atoms with Gasteiger partial charge in [0.15, 0.2) is 5.76 Å². The Bertz CT molecular complexity index is 1280. The largest absolute Gasteiger partial charge is 0.497 e. The minimum Gasteiger partial charge on any atom is -0.497 e. The summed E-state index contributed by atoms with van der Waals surface area (Å²) in [7, 11) is 1.66. The summed E-state index contributed by atoms with van der Waals surface area (Å²) >= 11 is 0. The van der Waals surface area contributed by atoms with Crippen LogP contribution in [0, 0.1) is 0 Å². The maximum absolute atomic E-state index is 13.3. The summed E-state index contributed by atoms with van der Waals surface area (Å²) in [4.78, 5) is 15.7. The number of ether oxygens (including phenoxy) is 3. The van der Waals surface area contributed by atoms with Crippen molar-refractivity contribution in [2.75, 3.05) is 13.8 Å². The Hall–Kier alpha value is -3.25. The van der Waals surface area contributed by atoms with Crippen molar-refractivity contribution in [2.24, 2.45) is 0 Å². The number of aromatic nitrogens is 1. The van der Waals surface area contributed by atoms with Gasteiger partial charge in [0.25, 0.3) is 0 Å². The molecule has 1 fully saturated rings. The molecule has 6 heteroatoms. The quantitative estimate of drug-likeness (QED) is 0.506. The van der Waals surface area contributed by atoms with Crippen LogP contribution in [0.1, 0.15) is 54.1 Å². The number of benzene rings is 2. The second-order valence-corrected chi connectivity index (χ2v) is 9.07. The molecule has 3 heterocycles. The van der Waals surface area contributed by atoms with Crippen LogP contribution < -0.4 is 14.2 Å². The number of carbonyl (C=O) groups excluding carboxylic acids is 1. The Morgan fingerprint density at radius 3 is 2.82 bits per heavy atom. The number of Topliss-reactive ketones (excluding diaryl/α,β-unsaturated/α-hetero) is 1. The van der Waals surface area contributed by atoms with E-state index in [1.807, 2.05) is 30.3 Å². The lowest BCUT2D eigenvalue weighted by Crippen LogP contribution is -2.39. The van der Waals surface area contributed by atoms with Crippen LogP contribution in [0.2, 0.25) is 0 Å². The molecule has 0 unspecified atom stereocenters. The summed E-state index contributed by atoms with van der Waals surface area (Å²) in [6.45, 7) is 4.31.